The van der Waals surface area contributed by atoms with Crippen LogP contribution >= 0.6 is 0 Å². The third kappa shape index (κ3) is 5.34. The lowest BCUT2D eigenvalue weighted by atomic mass is 10.2. The molecular formula is C18H19N3O7. The number of phenolic OH excluding ortho intramolecular Hbond substituents is 1. The Bertz CT molecular complexity index is 868. The summed E-state index contributed by atoms with van der Waals surface area (Å²) in [5, 5.41) is 20.2. The third-order valence-electron chi connectivity index (χ3n) is 3.55. The van der Waals surface area contributed by atoms with Crippen molar-refractivity contribution in [3.05, 3.63) is 58.1 Å². The third-order valence-corrected chi connectivity index (χ3v) is 3.55. The number of amides is 2. The van der Waals surface area contributed by atoms with E-state index in [0.717, 1.165) is 18.2 Å². The normalized spacial score (nSPS) is 11.2. The first-order valence-electron chi connectivity index (χ1n) is 8.29. The molecule has 0 aliphatic carbocycles. The van der Waals surface area contributed by atoms with Gasteiger partial charge >= 0.3 is 5.69 Å². The SMILES string of the molecule is CCOc1ccc(OC(C)C(=O)NNC(=O)c2ccc([N+](=O)[O-])c(O)c2)cc1. The van der Waals surface area contributed by atoms with Gasteiger partial charge in [-0.1, -0.05) is 0 Å². The van der Waals surface area contributed by atoms with Gasteiger partial charge in [0.1, 0.15) is 11.5 Å². The van der Waals surface area contributed by atoms with E-state index in [1.165, 1.54) is 6.92 Å². The van der Waals surface area contributed by atoms with Gasteiger partial charge in [0.25, 0.3) is 11.8 Å². The van der Waals surface area contributed by atoms with Crippen LogP contribution < -0.4 is 20.3 Å². The smallest absolute Gasteiger partial charge is 0.310 e. The first kappa shape index (κ1) is 20.5. The fourth-order valence-electron chi connectivity index (χ4n) is 2.15. The van der Waals surface area contributed by atoms with E-state index in [9.17, 15) is 24.8 Å². The average Bonchev–Trinajstić information content (AvgIpc) is 2.67. The highest BCUT2D eigenvalue weighted by Crippen LogP contribution is 2.26. The number of benzene rings is 2. The van der Waals surface area contributed by atoms with E-state index in [-0.39, 0.29) is 5.56 Å². The number of nitro benzene ring substituents is 1. The highest BCUT2D eigenvalue weighted by molar-refractivity contribution is 5.96. The molecule has 0 heterocycles. The Hall–Kier alpha value is -3.82. The molecule has 0 bridgehead atoms. The molecule has 1 atom stereocenters. The Labute approximate surface area is 160 Å². The standard InChI is InChI=1S/C18H19N3O7/c1-3-27-13-5-7-14(8-6-13)28-11(2)17(23)19-20-18(24)12-4-9-15(21(25)26)16(22)10-12/h4-11,22H,3H2,1-2H3,(H,19,23)(H,20,24). The number of nitrogens with one attached hydrogen (secondary N) is 2. The van der Waals surface area contributed by atoms with Crippen LogP contribution in [0.2, 0.25) is 0 Å². The number of carbonyl (C=O) groups is 2. The summed E-state index contributed by atoms with van der Waals surface area (Å²) >= 11 is 0. The number of nitro groups is 1. The molecule has 0 fully saturated rings. The van der Waals surface area contributed by atoms with Crippen LogP contribution in [0.1, 0.15) is 24.2 Å². The molecule has 3 N–H and O–H groups in total. The predicted molar refractivity (Wildman–Crippen MR) is 98.1 cm³/mol. The van der Waals surface area contributed by atoms with Crippen LogP contribution in [0.15, 0.2) is 42.5 Å². The van der Waals surface area contributed by atoms with Gasteiger partial charge in [-0.3, -0.25) is 30.6 Å². The second-order valence-corrected chi connectivity index (χ2v) is 5.57. The molecule has 2 rings (SSSR count). The Balaban J connectivity index is 1.89. The molecule has 2 aromatic carbocycles. The van der Waals surface area contributed by atoms with Gasteiger partial charge in [-0.2, -0.15) is 0 Å². The predicted octanol–water partition coefficient (Wildman–Crippen LogP) is 1.93. The topological polar surface area (TPSA) is 140 Å². The monoisotopic (exact) mass is 389 g/mol. The van der Waals surface area contributed by atoms with Crippen LogP contribution in [0, 0.1) is 10.1 Å². The molecule has 2 aromatic rings. The van der Waals surface area contributed by atoms with Crippen molar-refractivity contribution in [1.82, 2.24) is 10.9 Å². The number of carbonyl (C=O) groups excluding carboxylic acids is 2. The average molecular weight is 389 g/mol. The largest absolute Gasteiger partial charge is 0.502 e. The minimum atomic E-state index is -0.913. The summed E-state index contributed by atoms with van der Waals surface area (Å²) < 4.78 is 10.8. The lowest BCUT2D eigenvalue weighted by Crippen LogP contribution is -2.47. The van der Waals surface area contributed by atoms with Crippen LogP contribution in [0.25, 0.3) is 0 Å². The summed E-state index contributed by atoms with van der Waals surface area (Å²) in [5.74, 6) is -0.917. The van der Waals surface area contributed by atoms with Crippen molar-refractivity contribution in [2.75, 3.05) is 6.61 Å². The zero-order valence-electron chi connectivity index (χ0n) is 15.2. The Morgan fingerprint density at radius 2 is 1.79 bits per heavy atom. The molecule has 0 radical (unpaired) electrons. The zero-order valence-corrected chi connectivity index (χ0v) is 15.2. The van der Waals surface area contributed by atoms with Crippen molar-refractivity contribution in [3.63, 3.8) is 0 Å². The summed E-state index contributed by atoms with van der Waals surface area (Å²) in [5.41, 5.74) is 3.74. The fourth-order valence-corrected chi connectivity index (χ4v) is 2.15. The van der Waals surface area contributed by atoms with E-state index in [1.807, 2.05) is 6.92 Å². The molecule has 1 unspecified atom stereocenters. The van der Waals surface area contributed by atoms with Gasteiger partial charge in [-0.05, 0) is 50.2 Å². The number of hydrogen-bond acceptors (Lipinski definition) is 7. The molecule has 0 saturated carbocycles. The van der Waals surface area contributed by atoms with E-state index in [0.29, 0.717) is 18.1 Å². The number of nitrogens with zero attached hydrogens (tertiary/aromatic N) is 1. The van der Waals surface area contributed by atoms with Crippen molar-refractivity contribution in [2.24, 2.45) is 0 Å². The highest BCUT2D eigenvalue weighted by atomic mass is 16.6. The van der Waals surface area contributed by atoms with Crippen LogP contribution in [0.5, 0.6) is 17.2 Å². The number of ether oxygens (including phenoxy) is 2. The van der Waals surface area contributed by atoms with Crippen LogP contribution in [0.4, 0.5) is 5.69 Å². The van der Waals surface area contributed by atoms with Crippen molar-refractivity contribution < 1.29 is 29.1 Å². The molecule has 2 amide bonds. The summed E-state index contributed by atoms with van der Waals surface area (Å²) in [6.45, 7) is 3.89. The summed E-state index contributed by atoms with van der Waals surface area (Å²) in [6.07, 6.45) is -0.913. The minimum Gasteiger partial charge on any atom is -0.502 e. The molecule has 148 valence electrons. The maximum absolute atomic E-state index is 12.0. The van der Waals surface area contributed by atoms with Crippen molar-refractivity contribution in [2.45, 2.75) is 20.0 Å². The molecule has 0 aliphatic heterocycles. The van der Waals surface area contributed by atoms with Crippen LogP contribution in [0.3, 0.4) is 0 Å². The Morgan fingerprint density at radius 3 is 2.36 bits per heavy atom. The molecule has 10 heteroatoms. The van der Waals surface area contributed by atoms with E-state index >= 15 is 0 Å². The summed E-state index contributed by atoms with van der Waals surface area (Å²) in [6, 6.07) is 9.76. The quantitative estimate of drug-likeness (QED) is 0.485. The summed E-state index contributed by atoms with van der Waals surface area (Å²) in [7, 11) is 0. The molecule has 0 saturated heterocycles. The number of phenols is 1. The van der Waals surface area contributed by atoms with Crippen LogP contribution in [-0.4, -0.2) is 34.6 Å². The van der Waals surface area contributed by atoms with Crippen molar-refractivity contribution >= 4 is 17.5 Å². The number of rotatable bonds is 7. The number of hydrazine groups is 1. The molecule has 0 spiro atoms. The Morgan fingerprint density at radius 1 is 1.14 bits per heavy atom. The van der Waals surface area contributed by atoms with Gasteiger partial charge < -0.3 is 14.6 Å². The van der Waals surface area contributed by atoms with Gasteiger partial charge in [0.05, 0.1) is 11.5 Å². The Kier molecular flexibility index (Phi) is 6.74. The van der Waals surface area contributed by atoms with Crippen LogP contribution in [-0.2, 0) is 4.79 Å². The van der Waals surface area contributed by atoms with E-state index in [4.69, 9.17) is 9.47 Å². The number of hydrogen-bond donors (Lipinski definition) is 3. The highest BCUT2D eigenvalue weighted by Gasteiger charge is 2.18. The van der Waals surface area contributed by atoms with Crippen molar-refractivity contribution in [3.8, 4) is 17.2 Å². The van der Waals surface area contributed by atoms with Gasteiger partial charge in [0, 0.05) is 11.6 Å². The lowest BCUT2D eigenvalue weighted by molar-refractivity contribution is -0.385. The second kappa shape index (κ2) is 9.21. The maximum atomic E-state index is 12.0. The molecule has 28 heavy (non-hydrogen) atoms. The van der Waals surface area contributed by atoms with Gasteiger partial charge in [0.2, 0.25) is 0 Å². The van der Waals surface area contributed by atoms with Crippen molar-refractivity contribution in [1.29, 1.82) is 0 Å². The fraction of sp³-hybridized carbons (Fsp3) is 0.222. The first-order chi connectivity index (χ1) is 13.3. The first-order valence-corrected chi connectivity index (χ1v) is 8.29. The van der Waals surface area contributed by atoms with E-state index in [2.05, 4.69) is 10.9 Å². The van der Waals surface area contributed by atoms with E-state index in [1.54, 1.807) is 24.3 Å². The zero-order chi connectivity index (χ0) is 20.7. The molecule has 0 aromatic heterocycles. The minimum absolute atomic E-state index is 0.0662. The van der Waals surface area contributed by atoms with E-state index < -0.39 is 34.3 Å². The lowest BCUT2D eigenvalue weighted by Gasteiger charge is -2.15. The van der Waals surface area contributed by atoms with Gasteiger partial charge in [0.15, 0.2) is 11.9 Å². The number of aromatic hydroxyl groups is 1. The maximum Gasteiger partial charge on any atom is 0.310 e. The molecule has 0 aliphatic rings. The molecule has 10 nitrogen and oxygen atoms in total. The molecular weight excluding hydrogens is 370 g/mol. The van der Waals surface area contributed by atoms with Gasteiger partial charge in [-0.25, -0.2) is 0 Å². The summed E-state index contributed by atoms with van der Waals surface area (Å²) in [4.78, 5) is 33.9. The second-order valence-electron chi connectivity index (χ2n) is 5.57. The van der Waals surface area contributed by atoms with Gasteiger partial charge in [-0.15, -0.1) is 0 Å².